The maximum absolute atomic E-state index is 13.4. The third-order valence-corrected chi connectivity index (χ3v) is 6.84. The molecule has 2 aromatic rings. The summed E-state index contributed by atoms with van der Waals surface area (Å²) in [6.45, 7) is 1.17. The van der Waals surface area contributed by atoms with Crippen LogP contribution in [-0.2, 0) is 44.7 Å². The maximum atomic E-state index is 13.4. The number of hydrogen-bond donors (Lipinski definition) is 5. The first-order valence-corrected chi connectivity index (χ1v) is 13.3. The Morgan fingerprint density at radius 2 is 1.68 bits per heavy atom. The minimum atomic E-state index is -4.48. The molecule has 41 heavy (non-hydrogen) atoms. The second-order valence-corrected chi connectivity index (χ2v) is 9.90. The van der Waals surface area contributed by atoms with Crippen LogP contribution in [0.3, 0.4) is 0 Å². The number of fused-ring (bicyclic) bond motifs is 1. The molecule has 1 heterocycles. The lowest BCUT2D eigenvalue weighted by molar-refractivity contribution is -0.137. The molecular weight excluding hydrogens is 542 g/mol. The van der Waals surface area contributed by atoms with Crippen molar-refractivity contribution >= 4 is 30.2 Å². The highest BCUT2D eigenvalue weighted by atomic mass is 19.4. The van der Waals surface area contributed by atoms with Gasteiger partial charge in [-0.3, -0.25) is 14.4 Å². The summed E-state index contributed by atoms with van der Waals surface area (Å²) in [5.41, 5.74) is 18.8. The van der Waals surface area contributed by atoms with E-state index in [-0.39, 0.29) is 64.3 Å². The van der Waals surface area contributed by atoms with E-state index in [1.807, 2.05) is 0 Å². The number of nitrogens with two attached hydrogens (primary N) is 3. The number of carbonyl (C=O) groups excluding carboxylic acids is 3. The fourth-order valence-electron chi connectivity index (χ4n) is 4.55. The van der Waals surface area contributed by atoms with Crippen molar-refractivity contribution in [2.75, 3.05) is 26.2 Å². The fourth-order valence-corrected chi connectivity index (χ4v) is 4.55. The molecule has 1 aliphatic heterocycles. The molecule has 0 radical (unpaired) electrons. The van der Waals surface area contributed by atoms with Crippen molar-refractivity contribution < 1.29 is 37.2 Å². The minimum Gasteiger partial charge on any atom is -0.423 e. The molecule has 0 bridgehead atoms. The topological polar surface area (TPSA) is 174 Å². The van der Waals surface area contributed by atoms with Gasteiger partial charge in [-0.2, -0.15) is 13.2 Å². The number of nitrogens with one attached hydrogen (secondary N) is 1. The van der Waals surface area contributed by atoms with Crippen molar-refractivity contribution in [2.45, 2.75) is 50.6 Å². The molecule has 1 aliphatic rings. The number of alkyl halides is 3. The summed E-state index contributed by atoms with van der Waals surface area (Å²) in [7, 11) is -1.09. The molecule has 0 spiro atoms. The van der Waals surface area contributed by atoms with Crippen LogP contribution in [-0.4, -0.2) is 72.9 Å². The average Bonchev–Trinajstić information content (AvgIpc) is 3.30. The van der Waals surface area contributed by atoms with Gasteiger partial charge in [0, 0.05) is 32.6 Å². The van der Waals surface area contributed by atoms with Crippen molar-refractivity contribution in [3.8, 4) is 0 Å². The van der Waals surface area contributed by atoms with Crippen molar-refractivity contribution in [1.29, 1.82) is 0 Å². The SMILES string of the molecule is NCCN(CCN)C(=O)C[C@H](N)C(=O)N[C@H](CCc1ccc(C(F)(F)F)cc1)C(=O)Cc1ccc2c(c1)B(O)OC2. The van der Waals surface area contributed by atoms with Gasteiger partial charge in [0.1, 0.15) is 0 Å². The first-order chi connectivity index (χ1) is 19.4. The maximum Gasteiger partial charge on any atom is 0.491 e. The van der Waals surface area contributed by atoms with E-state index in [1.54, 1.807) is 18.2 Å². The summed E-state index contributed by atoms with van der Waals surface area (Å²) < 4.78 is 44.0. The number of ketones is 1. The van der Waals surface area contributed by atoms with Crippen LogP contribution < -0.4 is 28.0 Å². The van der Waals surface area contributed by atoms with Crippen LogP contribution in [0.25, 0.3) is 0 Å². The Morgan fingerprint density at radius 1 is 1.05 bits per heavy atom. The zero-order chi connectivity index (χ0) is 30.2. The van der Waals surface area contributed by atoms with Gasteiger partial charge in [-0.25, -0.2) is 0 Å². The quantitative estimate of drug-likeness (QED) is 0.189. The van der Waals surface area contributed by atoms with E-state index in [9.17, 15) is 32.6 Å². The lowest BCUT2D eigenvalue weighted by atomic mass is 9.78. The molecular formula is C27H35BF3N5O5. The van der Waals surface area contributed by atoms with Gasteiger partial charge < -0.3 is 37.1 Å². The predicted molar refractivity (Wildman–Crippen MR) is 147 cm³/mol. The Kier molecular flexibility index (Phi) is 11.4. The normalized spacial score (nSPS) is 14.4. The number of benzene rings is 2. The van der Waals surface area contributed by atoms with Gasteiger partial charge in [0.25, 0.3) is 0 Å². The van der Waals surface area contributed by atoms with E-state index in [0.29, 0.717) is 16.6 Å². The van der Waals surface area contributed by atoms with Crippen molar-refractivity contribution in [3.63, 3.8) is 0 Å². The molecule has 0 fully saturated rings. The molecule has 14 heteroatoms. The second-order valence-electron chi connectivity index (χ2n) is 9.90. The lowest BCUT2D eigenvalue weighted by Gasteiger charge is -2.24. The predicted octanol–water partition coefficient (Wildman–Crippen LogP) is -0.384. The molecule has 222 valence electrons. The summed E-state index contributed by atoms with van der Waals surface area (Å²) >= 11 is 0. The molecule has 0 saturated heterocycles. The highest BCUT2D eigenvalue weighted by Crippen LogP contribution is 2.29. The van der Waals surface area contributed by atoms with Crippen LogP contribution in [0.1, 0.15) is 35.1 Å². The molecule has 2 amide bonds. The molecule has 0 saturated carbocycles. The van der Waals surface area contributed by atoms with Crippen molar-refractivity contribution in [2.24, 2.45) is 17.2 Å². The number of aryl methyl sites for hydroxylation is 1. The zero-order valence-corrected chi connectivity index (χ0v) is 22.5. The number of amides is 2. The smallest absolute Gasteiger partial charge is 0.423 e. The van der Waals surface area contributed by atoms with E-state index < -0.39 is 42.8 Å². The Hall–Kier alpha value is -3.30. The number of rotatable bonds is 14. The van der Waals surface area contributed by atoms with E-state index in [4.69, 9.17) is 21.9 Å². The number of Topliss-reactive ketones (excluding diaryl/α,β-unsaturated/α-hetero) is 1. The Morgan fingerprint density at radius 3 is 2.29 bits per heavy atom. The molecule has 3 rings (SSSR count). The summed E-state index contributed by atoms with van der Waals surface area (Å²) in [6, 6.07) is 7.40. The molecule has 2 aromatic carbocycles. The highest BCUT2D eigenvalue weighted by molar-refractivity contribution is 6.61. The Bertz CT molecular complexity index is 1210. The van der Waals surface area contributed by atoms with Crippen LogP contribution in [0.5, 0.6) is 0 Å². The molecule has 2 atom stereocenters. The third-order valence-electron chi connectivity index (χ3n) is 6.84. The standard InChI is InChI=1S/C27H35BF3N5O5/c29-27(30,31)20-6-2-17(3-7-20)4-8-23(24(37)14-18-1-5-19-16-41-28(40)21(19)13-18)35-26(39)22(34)15-25(38)36(11-9-32)12-10-33/h1-3,5-7,13,22-23,40H,4,8-12,14-16,32-34H2,(H,35,39)/t22-,23+/m0/s1. The number of halogens is 3. The van der Waals surface area contributed by atoms with Crippen molar-refractivity contribution in [3.05, 3.63) is 64.7 Å². The van der Waals surface area contributed by atoms with E-state index in [2.05, 4.69) is 5.32 Å². The summed E-state index contributed by atoms with van der Waals surface area (Å²) in [5.74, 6) is -1.50. The Balaban J connectivity index is 1.72. The average molecular weight is 577 g/mol. The highest BCUT2D eigenvalue weighted by Gasteiger charge is 2.31. The van der Waals surface area contributed by atoms with Gasteiger partial charge in [0.15, 0.2) is 5.78 Å². The lowest BCUT2D eigenvalue weighted by Crippen LogP contribution is -2.51. The monoisotopic (exact) mass is 577 g/mol. The van der Waals surface area contributed by atoms with Crippen LogP contribution in [0.2, 0.25) is 0 Å². The first kappa shape index (κ1) is 32.2. The van der Waals surface area contributed by atoms with E-state index in [0.717, 1.165) is 17.7 Å². The minimum absolute atomic E-state index is 0.0831. The molecule has 0 aromatic heterocycles. The van der Waals surface area contributed by atoms with E-state index >= 15 is 0 Å². The number of nitrogens with zero attached hydrogens (tertiary/aromatic N) is 1. The second kappa shape index (κ2) is 14.6. The van der Waals surface area contributed by atoms with Crippen LogP contribution in [0.4, 0.5) is 13.2 Å². The third kappa shape index (κ3) is 9.10. The van der Waals surface area contributed by atoms with Crippen molar-refractivity contribution in [1.82, 2.24) is 10.2 Å². The largest absolute Gasteiger partial charge is 0.491 e. The fraction of sp³-hybridized carbons (Fsp3) is 0.444. The molecule has 0 aliphatic carbocycles. The first-order valence-electron chi connectivity index (χ1n) is 13.3. The molecule has 0 unspecified atom stereocenters. The summed E-state index contributed by atoms with van der Waals surface area (Å²) in [4.78, 5) is 40.3. The number of carbonyl (C=O) groups is 3. The van der Waals surface area contributed by atoms with Gasteiger partial charge in [-0.05, 0) is 47.1 Å². The van der Waals surface area contributed by atoms with Gasteiger partial charge in [-0.1, -0.05) is 30.3 Å². The zero-order valence-electron chi connectivity index (χ0n) is 22.5. The molecule has 10 nitrogen and oxygen atoms in total. The summed E-state index contributed by atoms with van der Waals surface area (Å²) in [5, 5.41) is 12.6. The van der Waals surface area contributed by atoms with Gasteiger partial charge in [0.05, 0.1) is 30.7 Å². The van der Waals surface area contributed by atoms with Crippen LogP contribution in [0.15, 0.2) is 42.5 Å². The van der Waals surface area contributed by atoms with Crippen LogP contribution >= 0.6 is 0 Å². The number of hydrogen-bond acceptors (Lipinski definition) is 8. The van der Waals surface area contributed by atoms with Gasteiger partial charge in [0.2, 0.25) is 11.8 Å². The Labute approximate surface area is 236 Å². The van der Waals surface area contributed by atoms with Gasteiger partial charge >= 0.3 is 13.3 Å². The van der Waals surface area contributed by atoms with Crippen LogP contribution in [0, 0.1) is 0 Å². The van der Waals surface area contributed by atoms with E-state index in [1.165, 1.54) is 17.0 Å². The van der Waals surface area contributed by atoms with Gasteiger partial charge in [-0.15, -0.1) is 0 Å². The summed E-state index contributed by atoms with van der Waals surface area (Å²) in [6.07, 6.45) is -4.61. The molecule has 8 N–H and O–H groups in total.